The predicted molar refractivity (Wildman–Crippen MR) is 76.5 cm³/mol. The molecule has 0 radical (unpaired) electrons. The van der Waals surface area contributed by atoms with Gasteiger partial charge < -0.3 is 0 Å². The van der Waals surface area contributed by atoms with E-state index in [0.717, 1.165) is 16.8 Å². The second-order valence-corrected chi connectivity index (χ2v) is 6.78. The Balaban J connectivity index is 2.28. The van der Waals surface area contributed by atoms with Gasteiger partial charge in [0.1, 0.15) is 5.75 Å². The number of tetrazole rings is 1. The zero-order valence-electron chi connectivity index (χ0n) is 12.0. The standard InChI is InChI=1S/C13H13F3N4O2S/c1-2-3-8-23(21,22)9-12-17-18-19-20(12)11-6-4-10(5-7-11)13(14,15)16/h2-7H,8-9H2,1H3. The fourth-order valence-corrected chi connectivity index (χ4v) is 2.96. The summed E-state index contributed by atoms with van der Waals surface area (Å²) in [7, 11) is -3.46. The number of alkyl halides is 3. The summed E-state index contributed by atoms with van der Waals surface area (Å²) in [5, 5.41) is 10.7. The first-order chi connectivity index (χ1) is 10.7. The van der Waals surface area contributed by atoms with Crippen LogP contribution in [0.1, 0.15) is 18.3 Å². The van der Waals surface area contributed by atoms with Crippen LogP contribution in [0.3, 0.4) is 0 Å². The van der Waals surface area contributed by atoms with Crippen LogP contribution in [0.2, 0.25) is 0 Å². The van der Waals surface area contributed by atoms with Crippen LogP contribution in [0.15, 0.2) is 36.4 Å². The summed E-state index contributed by atoms with van der Waals surface area (Å²) in [4.78, 5) is 0. The second kappa shape index (κ2) is 6.49. The van der Waals surface area contributed by atoms with Crippen LogP contribution in [0.25, 0.3) is 5.69 Å². The maximum atomic E-state index is 12.5. The van der Waals surface area contributed by atoms with E-state index in [-0.39, 0.29) is 17.3 Å². The van der Waals surface area contributed by atoms with Crippen LogP contribution in [-0.4, -0.2) is 34.4 Å². The van der Waals surface area contributed by atoms with Gasteiger partial charge in [0.05, 0.1) is 17.0 Å². The molecular weight excluding hydrogens is 333 g/mol. The molecule has 0 unspecified atom stereocenters. The largest absolute Gasteiger partial charge is 0.416 e. The Labute approximate surface area is 130 Å². The molecule has 0 aliphatic carbocycles. The number of rotatable bonds is 5. The fourth-order valence-electron chi connectivity index (χ4n) is 1.79. The van der Waals surface area contributed by atoms with Gasteiger partial charge in [-0.1, -0.05) is 12.2 Å². The minimum Gasteiger partial charge on any atom is -0.228 e. The van der Waals surface area contributed by atoms with Crippen molar-refractivity contribution in [3.63, 3.8) is 0 Å². The fraction of sp³-hybridized carbons (Fsp3) is 0.308. The van der Waals surface area contributed by atoms with E-state index in [4.69, 9.17) is 0 Å². The number of benzene rings is 1. The number of allylic oxidation sites excluding steroid dienone is 1. The SMILES string of the molecule is CC=CCS(=O)(=O)Cc1nnnn1-c1ccc(C(F)(F)F)cc1. The van der Waals surface area contributed by atoms with Gasteiger partial charge in [-0.05, 0) is 41.6 Å². The van der Waals surface area contributed by atoms with E-state index in [2.05, 4.69) is 15.5 Å². The molecule has 0 saturated carbocycles. The summed E-state index contributed by atoms with van der Waals surface area (Å²) in [6.45, 7) is 1.70. The Morgan fingerprint density at radius 2 is 1.87 bits per heavy atom. The molecule has 6 nitrogen and oxygen atoms in total. The van der Waals surface area contributed by atoms with Crippen molar-refractivity contribution < 1.29 is 21.6 Å². The van der Waals surface area contributed by atoms with Gasteiger partial charge in [-0.15, -0.1) is 5.10 Å². The molecule has 23 heavy (non-hydrogen) atoms. The lowest BCUT2D eigenvalue weighted by Gasteiger charge is -2.08. The van der Waals surface area contributed by atoms with Gasteiger partial charge >= 0.3 is 6.18 Å². The molecule has 0 fully saturated rings. The topological polar surface area (TPSA) is 77.7 Å². The molecule has 124 valence electrons. The minimum atomic E-state index is -4.45. The molecule has 0 atom stereocenters. The van der Waals surface area contributed by atoms with E-state index in [1.165, 1.54) is 18.2 Å². The molecule has 2 rings (SSSR count). The number of aromatic nitrogens is 4. The van der Waals surface area contributed by atoms with Crippen LogP contribution >= 0.6 is 0 Å². The van der Waals surface area contributed by atoms with Crippen molar-refractivity contribution in [3.05, 3.63) is 47.8 Å². The van der Waals surface area contributed by atoms with E-state index in [1.54, 1.807) is 13.0 Å². The first kappa shape index (κ1) is 17.1. The number of nitrogens with zero attached hydrogens (tertiary/aromatic N) is 4. The van der Waals surface area contributed by atoms with Crippen molar-refractivity contribution in [2.75, 3.05) is 5.75 Å². The van der Waals surface area contributed by atoms with Crippen molar-refractivity contribution in [3.8, 4) is 5.69 Å². The molecule has 0 spiro atoms. The first-order valence-corrected chi connectivity index (χ1v) is 8.31. The summed E-state index contributed by atoms with van der Waals surface area (Å²) in [5.41, 5.74) is -0.559. The molecule has 1 aromatic heterocycles. The van der Waals surface area contributed by atoms with Crippen molar-refractivity contribution >= 4 is 9.84 Å². The van der Waals surface area contributed by atoms with Gasteiger partial charge in [0, 0.05) is 0 Å². The molecule has 0 bridgehead atoms. The number of sulfone groups is 1. The van der Waals surface area contributed by atoms with Crippen molar-refractivity contribution in [2.24, 2.45) is 0 Å². The average molecular weight is 346 g/mol. The maximum absolute atomic E-state index is 12.5. The third-order valence-electron chi connectivity index (χ3n) is 2.91. The summed E-state index contributed by atoms with van der Waals surface area (Å²) >= 11 is 0. The van der Waals surface area contributed by atoms with Crippen molar-refractivity contribution in [2.45, 2.75) is 18.9 Å². The van der Waals surface area contributed by atoms with Gasteiger partial charge in [0.15, 0.2) is 15.7 Å². The third kappa shape index (κ3) is 4.38. The van der Waals surface area contributed by atoms with Crippen LogP contribution in [-0.2, 0) is 21.8 Å². The average Bonchev–Trinajstić information content (AvgIpc) is 2.92. The van der Waals surface area contributed by atoms with E-state index in [1.807, 2.05) is 0 Å². The number of hydrogen-bond donors (Lipinski definition) is 0. The van der Waals surface area contributed by atoms with Gasteiger partial charge in [0.2, 0.25) is 0 Å². The van der Waals surface area contributed by atoms with E-state index in [9.17, 15) is 21.6 Å². The Morgan fingerprint density at radius 3 is 2.43 bits per heavy atom. The van der Waals surface area contributed by atoms with Crippen LogP contribution in [0.4, 0.5) is 13.2 Å². The summed E-state index contributed by atoms with van der Waals surface area (Å²) in [6.07, 6.45) is -1.35. The van der Waals surface area contributed by atoms with Crippen LogP contribution < -0.4 is 0 Å². The normalized spacial score (nSPS) is 12.9. The Morgan fingerprint density at radius 1 is 1.22 bits per heavy atom. The third-order valence-corrected chi connectivity index (χ3v) is 4.31. The summed E-state index contributed by atoms with van der Waals surface area (Å²) in [5.74, 6) is -0.538. The quantitative estimate of drug-likeness (QED) is 0.776. The number of halogens is 3. The Hall–Kier alpha value is -2.23. The zero-order valence-corrected chi connectivity index (χ0v) is 12.8. The van der Waals surface area contributed by atoms with Gasteiger partial charge in [-0.2, -0.15) is 17.9 Å². The smallest absolute Gasteiger partial charge is 0.228 e. The molecule has 0 amide bonds. The Kier molecular flexibility index (Phi) is 4.83. The lowest BCUT2D eigenvalue weighted by atomic mass is 10.2. The van der Waals surface area contributed by atoms with E-state index in [0.29, 0.717) is 0 Å². The van der Waals surface area contributed by atoms with Gasteiger partial charge in [-0.25, -0.2) is 8.42 Å². The van der Waals surface area contributed by atoms with Crippen molar-refractivity contribution in [1.82, 2.24) is 20.2 Å². The van der Waals surface area contributed by atoms with Crippen LogP contribution in [0, 0.1) is 0 Å². The summed E-state index contributed by atoms with van der Waals surface area (Å²) in [6, 6.07) is 4.13. The highest BCUT2D eigenvalue weighted by Crippen LogP contribution is 2.29. The zero-order chi connectivity index (χ0) is 17.1. The van der Waals surface area contributed by atoms with E-state index >= 15 is 0 Å². The molecule has 0 N–H and O–H groups in total. The molecule has 1 aromatic carbocycles. The van der Waals surface area contributed by atoms with Crippen LogP contribution in [0.5, 0.6) is 0 Å². The molecular formula is C13H13F3N4O2S. The molecule has 0 aliphatic rings. The monoisotopic (exact) mass is 346 g/mol. The van der Waals surface area contributed by atoms with Gasteiger partial charge in [0.25, 0.3) is 0 Å². The molecule has 2 aromatic rings. The highest BCUT2D eigenvalue weighted by atomic mass is 32.2. The first-order valence-electron chi connectivity index (χ1n) is 6.49. The Bertz CT molecular complexity index is 795. The number of hydrogen-bond acceptors (Lipinski definition) is 5. The van der Waals surface area contributed by atoms with Gasteiger partial charge in [-0.3, -0.25) is 0 Å². The lowest BCUT2D eigenvalue weighted by Crippen LogP contribution is -2.13. The minimum absolute atomic E-state index is 0.0364. The highest BCUT2D eigenvalue weighted by Gasteiger charge is 2.30. The molecule has 10 heteroatoms. The molecule has 1 heterocycles. The second-order valence-electron chi connectivity index (χ2n) is 4.68. The predicted octanol–water partition coefficient (Wildman–Crippen LogP) is 2.17. The lowest BCUT2D eigenvalue weighted by molar-refractivity contribution is -0.137. The molecule has 0 saturated heterocycles. The highest BCUT2D eigenvalue weighted by molar-refractivity contribution is 7.90. The van der Waals surface area contributed by atoms with E-state index < -0.39 is 27.3 Å². The summed E-state index contributed by atoms with van der Waals surface area (Å²) < 4.78 is 62.6. The maximum Gasteiger partial charge on any atom is 0.416 e. The van der Waals surface area contributed by atoms with Crippen molar-refractivity contribution in [1.29, 1.82) is 0 Å². The molecule has 0 aliphatic heterocycles.